The summed E-state index contributed by atoms with van der Waals surface area (Å²) >= 11 is 0. The molecule has 0 radical (unpaired) electrons. The molecule has 0 bridgehead atoms. The molecule has 22 heavy (non-hydrogen) atoms. The molecule has 0 spiro atoms. The summed E-state index contributed by atoms with van der Waals surface area (Å²) in [6, 6.07) is 7.80. The van der Waals surface area contributed by atoms with Gasteiger partial charge in [0.1, 0.15) is 0 Å². The zero-order valence-corrected chi connectivity index (χ0v) is 12.9. The first-order valence-corrected chi connectivity index (χ1v) is 7.78. The van der Waals surface area contributed by atoms with Gasteiger partial charge >= 0.3 is 0 Å². The lowest BCUT2D eigenvalue weighted by atomic mass is 9.92. The first-order chi connectivity index (χ1) is 10.6. The van der Waals surface area contributed by atoms with Crippen molar-refractivity contribution in [3.05, 3.63) is 48.5 Å². The summed E-state index contributed by atoms with van der Waals surface area (Å²) < 4.78 is 1.92. The number of rotatable bonds is 3. The predicted octanol–water partition coefficient (Wildman–Crippen LogP) is 2.07. The number of benzene rings is 1. The highest BCUT2D eigenvalue weighted by Gasteiger charge is 2.26. The first kappa shape index (κ1) is 14.8. The van der Waals surface area contributed by atoms with E-state index < -0.39 is 0 Å². The van der Waals surface area contributed by atoms with Crippen LogP contribution in [0.3, 0.4) is 0 Å². The van der Waals surface area contributed by atoms with Crippen LogP contribution in [-0.4, -0.2) is 39.5 Å². The topological polar surface area (TPSA) is 64.2 Å². The molecular formula is C17H22N4O. The van der Waals surface area contributed by atoms with E-state index in [4.69, 9.17) is 5.73 Å². The third-order valence-electron chi connectivity index (χ3n) is 4.41. The maximum Gasteiger partial charge on any atom is 0.253 e. The minimum atomic E-state index is 0.0996. The highest BCUT2D eigenvalue weighted by molar-refractivity contribution is 5.94. The number of hydrogen-bond donors (Lipinski definition) is 1. The lowest BCUT2D eigenvalue weighted by Crippen LogP contribution is -2.45. The summed E-state index contributed by atoms with van der Waals surface area (Å²) in [5, 5.41) is 0. The van der Waals surface area contributed by atoms with Crippen LogP contribution in [0.15, 0.2) is 43.0 Å². The molecule has 1 saturated heterocycles. The quantitative estimate of drug-likeness (QED) is 0.943. The van der Waals surface area contributed by atoms with Gasteiger partial charge < -0.3 is 15.2 Å². The van der Waals surface area contributed by atoms with Crippen molar-refractivity contribution in [1.82, 2.24) is 14.5 Å². The normalized spacial score (nSPS) is 19.9. The Labute approximate surface area is 130 Å². The Morgan fingerprint density at radius 3 is 2.77 bits per heavy atom. The van der Waals surface area contributed by atoms with Gasteiger partial charge in [-0.3, -0.25) is 4.79 Å². The zero-order chi connectivity index (χ0) is 15.5. The summed E-state index contributed by atoms with van der Waals surface area (Å²) in [6.07, 6.45) is 7.51. The third kappa shape index (κ3) is 3.04. The molecule has 2 aromatic rings. The molecule has 1 aromatic carbocycles. The summed E-state index contributed by atoms with van der Waals surface area (Å²) in [4.78, 5) is 18.6. The number of likely N-dealkylation sites (tertiary alicyclic amines) is 1. The van der Waals surface area contributed by atoms with E-state index in [1.807, 2.05) is 46.9 Å². The Morgan fingerprint density at radius 1 is 1.36 bits per heavy atom. The highest BCUT2D eigenvalue weighted by Crippen LogP contribution is 2.21. The van der Waals surface area contributed by atoms with E-state index in [2.05, 4.69) is 4.98 Å². The molecule has 2 unspecified atom stereocenters. The maximum absolute atomic E-state index is 12.6. The van der Waals surface area contributed by atoms with Crippen LogP contribution in [0.5, 0.6) is 0 Å². The van der Waals surface area contributed by atoms with Crippen LogP contribution in [0, 0.1) is 5.92 Å². The van der Waals surface area contributed by atoms with E-state index in [0.717, 1.165) is 37.2 Å². The minimum Gasteiger partial charge on any atom is -0.338 e. The van der Waals surface area contributed by atoms with Crippen LogP contribution in [0.1, 0.15) is 30.1 Å². The van der Waals surface area contributed by atoms with E-state index in [0.29, 0.717) is 5.92 Å². The average Bonchev–Trinajstić information content (AvgIpc) is 3.09. The van der Waals surface area contributed by atoms with Gasteiger partial charge in [0.05, 0.1) is 6.33 Å². The van der Waals surface area contributed by atoms with Crippen LogP contribution in [-0.2, 0) is 0 Å². The smallest absolute Gasteiger partial charge is 0.253 e. The summed E-state index contributed by atoms with van der Waals surface area (Å²) in [7, 11) is 0. The maximum atomic E-state index is 12.6. The van der Waals surface area contributed by atoms with Crippen LogP contribution >= 0.6 is 0 Å². The molecule has 3 rings (SSSR count). The van der Waals surface area contributed by atoms with Crippen molar-refractivity contribution in [2.75, 3.05) is 13.1 Å². The van der Waals surface area contributed by atoms with Gasteiger partial charge in [-0.05, 0) is 49.9 Å². The third-order valence-corrected chi connectivity index (χ3v) is 4.41. The Bertz CT molecular complexity index is 619. The van der Waals surface area contributed by atoms with Crippen LogP contribution < -0.4 is 5.73 Å². The second kappa shape index (κ2) is 6.32. The Balaban J connectivity index is 1.72. The zero-order valence-electron chi connectivity index (χ0n) is 12.9. The Hall–Kier alpha value is -2.14. The van der Waals surface area contributed by atoms with E-state index >= 15 is 0 Å². The van der Waals surface area contributed by atoms with E-state index in [-0.39, 0.29) is 11.9 Å². The number of nitrogens with two attached hydrogens (primary N) is 1. The van der Waals surface area contributed by atoms with Gasteiger partial charge in [0.25, 0.3) is 5.91 Å². The number of piperidine rings is 1. The number of carbonyl (C=O) groups excluding carboxylic acids is 1. The summed E-state index contributed by atoms with van der Waals surface area (Å²) in [5.41, 5.74) is 7.73. The number of hydrogen-bond acceptors (Lipinski definition) is 3. The van der Waals surface area contributed by atoms with Crippen molar-refractivity contribution in [2.24, 2.45) is 11.7 Å². The molecule has 1 fully saturated rings. The molecule has 0 saturated carbocycles. The fraction of sp³-hybridized carbons (Fsp3) is 0.412. The average molecular weight is 298 g/mol. The van der Waals surface area contributed by atoms with Crippen molar-refractivity contribution >= 4 is 5.91 Å². The highest BCUT2D eigenvalue weighted by atomic mass is 16.2. The number of nitrogens with zero attached hydrogens (tertiary/aromatic N) is 3. The predicted molar refractivity (Wildman–Crippen MR) is 85.8 cm³/mol. The van der Waals surface area contributed by atoms with Crippen molar-refractivity contribution < 1.29 is 4.79 Å². The fourth-order valence-electron chi connectivity index (χ4n) is 2.99. The summed E-state index contributed by atoms with van der Waals surface area (Å²) in [5.74, 6) is 0.505. The second-order valence-corrected chi connectivity index (χ2v) is 6.03. The molecule has 116 valence electrons. The number of aromatic nitrogens is 2. The Morgan fingerprint density at radius 2 is 2.14 bits per heavy atom. The van der Waals surface area contributed by atoms with E-state index in [1.165, 1.54) is 0 Å². The minimum absolute atomic E-state index is 0.0996. The van der Waals surface area contributed by atoms with Crippen molar-refractivity contribution in [2.45, 2.75) is 25.8 Å². The monoisotopic (exact) mass is 298 g/mol. The van der Waals surface area contributed by atoms with Gasteiger partial charge in [0.15, 0.2) is 0 Å². The largest absolute Gasteiger partial charge is 0.338 e. The number of imidazole rings is 1. The van der Waals surface area contributed by atoms with Gasteiger partial charge in [0.2, 0.25) is 0 Å². The van der Waals surface area contributed by atoms with Crippen molar-refractivity contribution in [1.29, 1.82) is 0 Å². The van der Waals surface area contributed by atoms with Gasteiger partial charge in [-0.1, -0.05) is 0 Å². The fourth-order valence-corrected chi connectivity index (χ4v) is 2.99. The van der Waals surface area contributed by atoms with E-state index in [9.17, 15) is 4.79 Å². The molecule has 1 aromatic heterocycles. The lowest BCUT2D eigenvalue weighted by Gasteiger charge is -2.34. The van der Waals surface area contributed by atoms with Crippen LogP contribution in [0.4, 0.5) is 0 Å². The number of carbonyl (C=O) groups is 1. The van der Waals surface area contributed by atoms with Crippen LogP contribution in [0.25, 0.3) is 5.69 Å². The molecule has 1 amide bonds. The molecule has 0 aliphatic carbocycles. The summed E-state index contributed by atoms with van der Waals surface area (Å²) in [6.45, 7) is 3.61. The standard InChI is InChI=1S/C17H22N4O/c1-13(18)15-3-2-9-20(11-15)17(22)14-4-6-16(7-5-14)21-10-8-19-12-21/h4-8,10,12-13,15H,2-3,9,11,18H2,1H3. The van der Waals surface area contributed by atoms with Gasteiger partial charge in [-0.2, -0.15) is 0 Å². The molecular weight excluding hydrogens is 276 g/mol. The Kier molecular flexibility index (Phi) is 4.24. The number of amides is 1. The lowest BCUT2D eigenvalue weighted by molar-refractivity contribution is 0.0661. The second-order valence-electron chi connectivity index (χ2n) is 6.03. The molecule has 2 atom stereocenters. The molecule has 2 heterocycles. The molecule has 5 nitrogen and oxygen atoms in total. The first-order valence-electron chi connectivity index (χ1n) is 7.78. The SMILES string of the molecule is CC(N)C1CCCN(C(=O)c2ccc(-n3ccnc3)cc2)C1. The van der Waals surface area contributed by atoms with Gasteiger partial charge in [-0.15, -0.1) is 0 Å². The van der Waals surface area contributed by atoms with Crippen LogP contribution in [0.2, 0.25) is 0 Å². The molecule has 1 aliphatic heterocycles. The van der Waals surface area contributed by atoms with Gasteiger partial charge in [0, 0.05) is 42.8 Å². The van der Waals surface area contributed by atoms with Gasteiger partial charge in [-0.25, -0.2) is 4.98 Å². The van der Waals surface area contributed by atoms with Crippen molar-refractivity contribution in [3.8, 4) is 5.69 Å². The molecule has 1 aliphatic rings. The molecule has 5 heteroatoms. The van der Waals surface area contributed by atoms with Crippen molar-refractivity contribution in [3.63, 3.8) is 0 Å². The molecule has 2 N–H and O–H groups in total. The van der Waals surface area contributed by atoms with E-state index in [1.54, 1.807) is 12.5 Å².